The molecular weight excluding hydrogens is 154 g/mol. The summed E-state index contributed by atoms with van der Waals surface area (Å²) in [7, 11) is 0. The number of nitrogens with one attached hydrogen (secondary N) is 1. The van der Waals surface area contributed by atoms with Crippen LogP contribution in [0.1, 0.15) is 5.56 Å². The van der Waals surface area contributed by atoms with Crippen LogP contribution in [0.25, 0.3) is 0 Å². The van der Waals surface area contributed by atoms with Crippen molar-refractivity contribution in [2.75, 3.05) is 0 Å². The van der Waals surface area contributed by atoms with Gasteiger partial charge in [0.2, 0.25) is 0 Å². The molecule has 0 fully saturated rings. The summed E-state index contributed by atoms with van der Waals surface area (Å²) in [6.45, 7) is 1.65. The summed E-state index contributed by atoms with van der Waals surface area (Å²) in [5.41, 5.74) is 0.113. The Labute approximate surface area is 62.3 Å². The molecule has 54 valence electrons. The lowest BCUT2D eigenvalue weighted by Gasteiger charge is -1.95. The molecule has 0 aliphatic rings. The normalized spacial score (nSPS) is 9.80. The van der Waals surface area contributed by atoms with Gasteiger partial charge in [-0.25, -0.2) is 0 Å². The second-order valence-electron chi connectivity index (χ2n) is 1.98. The highest BCUT2D eigenvalue weighted by Gasteiger charge is 2.00. The molecule has 0 radical (unpaired) electrons. The van der Waals surface area contributed by atoms with E-state index in [1.807, 2.05) is 0 Å². The van der Waals surface area contributed by atoms with E-state index >= 15 is 0 Å². The maximum atomic E-state index is 10.7. The van der Waals surface area contributed by atoms with Crippen molar-refractivity contribution in [1.82, 2.24) is 4.98 Å². The van der Waals surface area contributed by atoms with Gasteiger partial charge < -0.3 is 5.11 Å². The van der Waals surface area contributed by atoms with E-state index in [1.54, 1.807) is 6.92 Å². The molecule has 10 heavy (non-hydrogen) atoms. The molecular formula is C6H6ClNO2. The van der Waals surface area contributed by atoms with E-state index in [2.05, 4.69) is 4.98 Å². The van der Waals surface area contributed by atoms with Gasteiger partial charge in [-0.1, -0.05) is 11.6 Å². The third-order valence-electron chi connectivity index (χ3n) is 1.14. The van der Waals surface area contributed by atoms with Crippen molar-refractivity contribution < 1.29 is 5.11 Å². The average Bonchev–Trinajstić information content (AvgIpc) is 1.82. The van der Waals surface area contributed by atoms with Gasteiger partial charge >= 0.3 is 0 Å². The number of hydrogen-bond acceptors (Lipinski definition) is 2. The zero-order valence-corrected chi connectivity index (χ0v) is 6.07. The molecule has 0 saturated carbocycles. The first-order chi connectivity index (χ1) is 4.61. The maximum Gasteiger partial charge on any atom is 0.269 e. The van der Waals surface area contributed by atoms with E-state index in [4.69, 9.17) is 16.7 Å². The van der Waals surface area contributed by atoms with Crippen molar-refractivity contribution in [3.63, 3.8) is 0 Å². The highest BCUT2D eigenvalue weighted by Crippen LogP contribution is 2.11. The van der Waals surface area contributed by atoms with Crippen LogP contribution in [-0.2, 0) is 0 Å². The fourth-order valence-electron chi connectivity index (χ4n) is 0.655. The smallest absolute Gasteiger partial charge is 0.269 e. The van der Waals surface area contributed by atoms with Crippen LogP contribution in [0.2, 0.25) is 5.02 Å². The zero-order valence-electron chi connectivity index (χ0n) is 5.31. The molecule has 2 N–H and O–H groups in total. The van der Waals surface area contributed by atoms with Crippen molar-refractivity contribution >= 4 is 11.6 Å². The second-order valence-corrected chi connectivity index (χ2v) is 2.36. The number of H-pyrrole nitrogens is 1. The SMILES string of the molecule is Cc1cc(O)[nH]c(=O)c1Cl. The fourth-order valence-corrected chi connectivity index (χ4v) is 0.757. The lowest BCUT2D eigenvalue weighted by molar-refractivity contribution is 0.451. The maximum absolute atomic E-state index is 10.7. The summed E-state index contributed by atoms with van der Waals surface area (Å²) in [6, 6.07) is 1.39. The standard InChI is InChI=1S/C6H6ClNO2/c1-3-2-4(9)8-6(10)5(3)7/h2H,1H3,(H2,8,9,10). The van der Waals surface area contributed by atoms with Crippen LogP contribution in [0.4, 0.5) is 0 Å². The van der Waals surface area contributed by atoms with Gasteiger partial charge in [-0.05, 0) is 12.5 Å². The Kier molecular flexibility index (Phi) is 1.68. The molecule has 4 heteroatoms. The minimum atomic E-state index is -0.459. The molecule has 0 bridgehead atoms. The van der Waals surface area contributed by atoms with E-state index in [9.17, 15) is 4.79 Å². The van der Waals surface area contributed by atoms with Crippen LogP contribution in [0.3, 0.4) is 0 Å². The molecule has 0 spiro atoms. The average molecular weight is 160 g/mol. The first kappa shape index (κ1) is 7.15. The molecule has 0 saturated heterocycles. The first-order valence-corrected chi connectivity index (χ1v) is 3.07. The lowest BCUT2D eigenvalue weighted by Crippen LogP contribution is -2.06. The molecule has 1 rings (SSSR count). The molecule has 0 atom stereocenters. The number of aromatic nitrogens is 1. The monoisotopic (exact) mass is 159 g/mol. The summed E-state index contributed by atoms with van der Waals surface area (Å²) in [6.07, 6.45) is 0. The molecule has 1 heterocycles. The molecule has 1 aromatic rings. The van der Waals surface area contributed by atoms with Gasteiger partial charge in [0.25, 0.3) is 5.56 Å². The number of aryl methyl sites for hydroxylation is 1. The number of aromatic amines is 1. The van der Waals surface area contributed by atoms with Crippen LogP contribution in [0, 0.1) is 6.92 Å². The van der Waals surface area contributed by atoms with E-state index in [1.165, 1.54) is 6.07 Å². The van der Waals surface area contributed by atoms with Gasteiger partial charge in [-0.3, -0.25) is 9.78 Å². The molecule has 0 aliphatic heterocycles. The zero-order chi connectivity index (χ0) is 7.72. The summed E-state index contributed by atoms with van der Waals surface area (Å²) in [4.78, 5) is 12.9. The van der Waals surface area contributed by atoms with Crippen molar-refractivity contribution in [2.24, 2.45) is 0 Å². The number of halogens is 1. The highest BCUT2D eigenvalue weighted by atomic mass is 35.5. The van der Waals surface area contributed by atoms with Crippen LogP contribution >= 0.6 is 11.6 Å². The minimum absolute atomic E-state index is 0.123. The number of pyridine rings is 1. The Bertz CT molecular complexity index is 305. The predicted molar refractivity (Wildman–Crippen MR) is 38.5 cm³/mol. The Hall–Kier alpha value is -0.960. The van der Waals surface area contributed by atoms with Crippen LogP contribution < -0.4 is 5.56 Å². The van der Waals surface area contributed by atoms with Crippen molar-refractivity contribution in [3.8, 4) is 5.88 Å². The minimum Gasteiger partial charge on any atom is -0.495 e. The third-order valence-corrected chi connectivity index (χ3v) is 1.61. The van der Waals surface area contributed by atoms with E-state index in [0.717, 1.165) is 0 Å². The van der Waals surface area contributed by atoms with Crippen LogP contribution in [0.5, 0.6) is 5.88 Å². The van der Waals surface area contributed by atoms with Gasteiger partial charge in [-0.2, -0.15) is 0 Å². The summed E-state index contributed by atoms with van der Waals surface area (Å²) < 4.78 is 0. The molecule has 0 amide bonds. The number of aromatic hydroxyl groups is 1. The number of rotatable bonds is 0. The fraction of sp³-hybridized carbons (Fsp3) is 0.167. The first-order valence-electron chi connectivity index (χ1n) is 2.69. The van der Waals surface area contributed by atoms with E-state index < -0.39 is 5.56 Å². The predicted octanol–water partition coefficient (Wildman–Crippen LogP) is 1.04. The topological polar surface area (TPSA) is 53.1 Å². The summed E-state index contributed by atoms with van der Waals surface area (Å²) >= 11 is 5.49. The third kappa shape index (κ3) is 1.14. The lowest BCUT2D eigenvalue weighted by atomic mass is 10.3. The Morgan fingerprint density at radius 2 is 2.30 bits per heavy atom. The van der Waals surface area contributed by atoms with Crippen molar-refractivity contribution in [2.45, 2.75) is 6.92 Å². The van der Waals surface area contributed by atoms with Gasteiger partial charge in [-0.15, -0.1) is 0 Å². The van der Waals surface area contributed by atoms with Crippen LogP contribution in [-0.4, -0.2) is 10.1 Å². The Morgan fingerprint density at radius 1 is 1.70 bits per heavy atom. The second kappa shape index (κ2) is 2.34. The van der Waals surface area contributed by atoms with Crippen LogP contribution in [0.15, 0.2) is 10.9 Å². The summed E-state index contributed by atoms with van der Waals surface area (Å²) in [5, 5.41) is 8.93. The highest BCUT2D eigenvalue weighted by molar-refractivity contribution is 6.31. The quantitative estimate of drug-likeness (QED) is 0.595. The van der Waals surface area contributed by atoms with Gasteiger partial charge in [0, 0.05) is 6.07 Å². The largest absolute Gasteiger partial charge is 0.495 e. The molecule has 1 aromatic heterocycles. The van der Waals surface area contributed by atoms with Gasteiger partial charge in [0.05, 0.1) is 0 Å². The van der Waals surface area contributed by atoms with Gasteiger partial charge in [0.15, 0.2) is 5.88 Å². The molecule has 0 unspecified atom stereocenters. The van der Waals surface area contributed by atoms with Crippen molar-refractivity contribution in [1.29, 1.82) is 0 Å². The molecule has 0 aliphatic carbocycles. The molecule has 0 aromatic carbocycles. The number of hydrogen-bond donors (Lipinski definition) is 2. The van der Waals surface area contributed by atoms with E-state index in [0.29, 0.717) is 5.56 Å². The Morgan fingerprint density at radius 3 is 2.80 bits per heavy atom. The van der Waals surface area contributed by atoms with Crippen molar-refractivity contribution in [3.05, 3.63) is 27.0 Å². The molecule has 3 nitrogen and oxygen atoms in total. The summed E-state index contributed by atoms with van der Waals surface area (Å²) in [5.74, 6) is -0.160. The Balaban J connectivity index is 3.46. The van der Waals surface area contributed by atoms with Gasteiger partial charge in [0.1, 0.15) is 5.02 Å². The van der Waals surface area contributed by atoms with E-state index in [-0.39, 0.29) is 10.9 Å².